The molecule has 2 aliphatic heterocycles. The molecule has 6 aliphatic rings. The van der Waals surface area contributed by atoms with E-state index in [9.17, 15) is 14.7 Å². The first-order chi connectivity index (χ1) is 12.4. The number of hydrogen-bond donors (Lipinski definition) is 1. The highest BCUT2D eigenvalue weighted by molar-refractivity contribution is 5.85. The zero-order chi connectivity index (χ0) is 19.6. The minimum Gasteiger partial charge on any atom is -0.462 e. The van der Waals surface area contributed by atoms with Crippen LogP contribution in [-0.2, 0) is 19.1 Å². The molecule has 0 aromatic rings. The largest absolute Gasteiger partial charge is 0.462 e. The van der Waals surface area contributed by atoms with E-state index in [4.69, 9.17) is 9.47 Å². The Kier molecular flexibility index (Phi) is 3.33. The van der Waals surface area contributed by atoms with Gasteiger partial charge in [-0.05, 0) is 43.4 Å². The number of aliphatic hydroxyl groups excluding tert-OH is 1. The molecule has 6 fully saturated rings. The molecule has 0 amide bonds. The van der Waals surface area contributed by atoms with E-state index in [0.29, 0.717) is 18.8 Å². The lowest BCUT2D eigenvalue weighted by molar-refractivity contribution is -0.261. The normalized spacial score (nSPS) is 57.3. The van der Waals surface area contributed by atoms with Gasteiger partial charge in [-0.3, -0.25) is 9.59 Å². The zero-order valence-corrected chi connectivity index (χ0v) is 17.1. The standard InChI is InChI=1S/C22H32O5/c1-11(23)26-16-7-15(25)21(5)17(19(16,2)3)13(24)9-22-8-12-6-14(18(21)22)27-20(12,4)10-22/h12,14-18,25H,6-10H2,1-5H3/t12-,14+,15?,16+,17-,18+,20?,21?,22-/m1/s1. The average Bonchev–Trinajstić information content (AvgIpc) is 2.85. The first-order valence-electron chi connectivity index (χ1n) is 10.5. The van der Waals surface area contributed by atoms with Gasteiger partial charge in [0.1, 0.15) is 11.9 Å². The Morgan fingerprint density at radius 2 is 1.93 bits per heavy atom. The smallest absolute Gasteiger partial charge is 0.302 e. The molecule has 0 radical (unpaired) electrons. The number of rotatable bonds is 1. The summed E-state index contributed by atoms with van der Waals surface area (Å²) in [5.74, 6) is 0.334. The van der Waals surface area contributed by atoms with E-state index in [0.717, 1.165) is 19.3 Å². The first-order valence-corrected chi connectivity index (χ1v) is 10.5. The number of fused-ring (bicyclic) bond motifs is 1. The zero-order valence-electron chi connectivity index (χ0n) is 17.1. The van der Waals surface area contributed by atoms with Gasteiger partial charge in [0.15, 0.2) is 0 Å². The van der Waals surface area contributed by atoms with Gasteiger partial charge < -0.3 is 14.6 Å². The van der Waals surface area contributed by atoms with E-state index in [2.05, 4.69) is 13.8 Å². The van der Waals surface area contributed by atoms with Crippen LogP contribution < -0.4 is 0 Å². The average molecular weight is 376 g/mol. The van der Waals surface area contributed by atoms with E-state index in [1.165, 1.54) is 6.92 Å². The van der Waals surface area contributed by atoms with Crippen molar-refractivity contribution in [3.05, 3.63) is 0 Å². The van der Waals surface area contributed by atoms with Crippen LogP contribution in [0.15, 0.2) is 0 Å². The highest BCUT2D eigenvalue weighted by Crippen LogP contribution is 2.76. The van der Waals surface area contributed by atoms with Gasteiger partial charge in [-0.2, -0.15) is 0 Å². The molecule has 1 spiro atoms. The molecule has 2 heterocycles. The second kappa shape index (κ2) is 4.96. The summed E-state index contributed by atoms with van der Waals surface area (Å²) in [4.78, 5) is 25.2. The summed E-state index contributed by atoms with van der Waals surface area (Å²) in [5, 5.41) is 11.4. The van der Waals surface area contributed by atoms with Crippen molar-refractivity contribution in [1.82, 2.24) is 0 Å². The molecule has 0 aromatic carbocycles. The van der Waals surface area contributed by atoms with Crippen LogP contribution in [0.3, 0.4) is 0 Å². The number of Topliss-reactive ketones (excluding diaryl/α,β-unsaturated/α-hetero) is 1. The van der Waals surface area contributed by atoms with Crippen LogP contribution in [0.2, 0.25) is 0 Å². The van der Waals surface area contributed by atoms with Gasteiger partial charge >= 0.3 is 5.97 Å². The highest BCUT2D eigenvalue weighted by atomic mass is 16.5. The Bertz CT molecular complexity index is 730. The van der Waals surface area contributed by atoms with Crippen LogP contribution in [-0.4, -0.2) is 40.8 Å². The van der Waals surface area contributed by atoms with Gasteiger partial charge in [0.25, 0.3) is 0 Å². The minimum absolute atomic E-state index is 0.0196. The lowest BCUT2D eigenvalue weighted by Crippen LogP contribution is -2.70. The van der Waals surface area contributed by atoms with E-state index < -0.39 is 23.0 Å². The summed E-state index contributed by atoms with van der Waals surface area (Å²) in [7, 11) is 0. The second-order valence-corrected chi connectivity index (χ2v) is 11.2. The van der Waals surface area contributed by atoms with Crippen LogP contribution in [0.5, 0.6) is 0 Å². The van der Waals surface area contributed by atoms with Gasteiger partial charge in [-0.25, -0.2) is 0 Å². The van der Waals surface area contributed by atoms with Crippen LogP contribution in [0, 0.1) is 34.0 Å². The quantitative estimate of drug-likeness (QED) is 0.713. The number of esters is 1. The molecule has 0 aromatic heterocycles. The van der Waals surface area contributed by atoms with Crippen molar-refractivity contribution < 1.29 is 24.2 Å². The van der Waals surface area contributed by atoms with E-state index in [1.807, 2.05) is 13.8 Å². The third kappa shape index (κ3) is 1.98. The molecule has 6 rings (SSSR count). The molecule has 4 bridgehead atoms. The molecule has 27 heavy (non-hydrogen) atoms. The maximum atomic E-state index is 13.6. The molecule has 4 aliphatic carbocycles. The van der Waals surface area contributed by atoms with E-state index in [-0.39, 0.29) is 40.7 Å². The lowest BCUT2D eigenvalue weighted by Gasteiger charge is -2.67. The van der Waals surface area contributed by atoms with Gasteiger partial charge in [-0.15, -0.1) is 0 Å². The van der Waals surface area contributed by atoms with Crippen LogP contribution in [0.1, 0.15) is 66.7 Å². The number of carbonyl (C=O) groups is 2. The van der Waals surface area contributed by atoms with Gasteiger partial charge in [0.2, 0.25) is 0 Å². The summed E-state index contributed by atoms with van der Waals surface area (Å²) in [6, 6.07) is 0. The van der Waals surface area contributed by atoms with E-state index >= 15 is 0 Å². The molecule has 1 N–H and O–H groups in total. The summed E-state index contributed by atoms with van der Waals surface area (Å²) >= 11 is 0. The van der Waals surface area contributed by atoms with Crippen molar-refractivity contribution in [3.63, 3.8) is 0 Å². The Labute approximate surface area is 161 Å². The summed E-state index contributed by atoms with van der Waals surface area (Å²) in [6.45, 7) is 9.82. The summed E-state index contributed by atoms with van der Waals surface area (Å²) < 4.78 is 12.1. The van der Waals surface area contributed by atoms with E-state index in [1.54, 1.807) is 0 Å². The molecule has 150 valence electrons. The fourth-order valence-corrected chi connectivity index (χ4v) is 8.85. The van der Waals surface area contributed by atoms with Gasteiger partial charge in [0, 0.05) is 36.5 Å². The van der Waals surface area contributed by atoms with Gasteiger partial charge in [-0.1, -0.05) is 20.8 Å². The monoisotopic (exact) mass is 376 g/mol. The van der Waals surface area contributed by atoms with Crippen molar-refractivity contribution in [1.29, 1.82) is 0 Å². The lowest BCUT2D eigenvalue weighted by atomic mass is 9.39. The van der Waals surface area contributed by atoms with Crippen LogP contribution >= 0.6 is 0 Å². The van der Waals surface area contributed by atoms with Crippen molar-refractivity contribution >= 4 is 11.8 Å². The number of carbonyl (C=O) groups excluding carboxylic acids is 2. The third-order valence-corrected chi connectivity index (χ3v) is 9.37. The van der Waals surface area contributed by atoms with Crippen LogP contribution in [0.4, 0.5) is 0 Å². The fraction of sp³-hybridized carbons (Fsp3) is 0.909. The summed E-state index contributed by atoms with van der Waals surface area (Å²) in [6.07, 6.45) is 3.07. The fourth-order valence-electron chi connectivity index (χ4n) is 8.85. The third-order valence-electron chi connectivity index (χ3n) is 9.37. The predicted octanol–water partition coefficient (Wildman–Crippen LogP) is 2.88. The van der Waals surface area contributed by atoms with Crippen molar-refractivity contribution in [2.45, 2.75) is 90.6 Å². The molecule has 2 saturated heterocycles. The maximum absolute atomic E-state index is 13.6. The second-order valence-electron chi connectivity index (χ2n) is 11.2. The summed E-state index contributed by atoms with van der Waals surface area (Å²) in [5.41, 5.74) is -1.13. The highest BCUT2D eigenvalue weighted by Gasteiger charge is 2.77. The number of ketones is 1. The Morgan fingerprint density at radius 3 is 2.56 bits per heavy atom. The predicted molar refractivity (Wildman–Crippen MR) is 97.7 cm³/mol. The SMILES string of the molecule is CC(=O)O[C@H]1CC(O)C2(C)[C@H](C(=O)C[C@]34C[C@H]5C[C@H](OC5(C)C3)[C@@H]24)C1(C)C. The molecule has 4 saturated carbocycles. The number of hydrogen-bond acceptors (Lipinski definition) is 5. The van der Waals surface area contributed by atoms with Crippen molar-refractivity contribution in [2.24, 2.45) is 34.0 Å². The molecule has 3 unspecified atom stereocenters. The first kappa shape index (κ1) is 18.1. The Balaban J connectivity index is 1.61. The molecule has 5 heteroatoms. The van der Waals surface area contributed by atoms with Crippen molar-refractivity contribution in [3.8, 4) is 0 Å². The Hall–Kier alpha value is -0.940. The van der Waals surface area contributed by atoms with Gasteiger partial charge in [0.05, 0.1) is 17.8 Å². The van der Waals surface area contributed by atoms with Crippen molar-refractivity contribution in [2.75, 3.05) is 0 Å². The Morgan fingerprint density at radius 1 is 1.22 bits per heavy atom. The van der Waals surface area contributed by atoms with Crippen LogP contribution in [0.25, 0.3) is 0 Å². The minimum atomic E-state index is -0.668. The molecule has 9 atom stereocenters. The number of aliphatic hydroxyl groups is 1. The molecule has 5 nitrogen and oxygen atoms in total. The number of ether oxygens (including phenoxy) is 2. The molecular weight excluding hydrogens is 344 g/mol. The molecular formula is C22H32O5. The topological polar surface area (TPSA) is 72.8 Å². The maximum Gasteiger partial charge on any atom is 0.302 e.